The molecular formula is C14H24N2O. The summed E-state index contributed by atoms with van der Waals surface area (Å²) in [5.74, 6) is 0.710. The Morgan fingerprint density at radius 2 is 2.00 bits per heavy atom. The van der Waals surface area contributed by atoms with Crippen LogP contribution in [0.3, 0.4) is 0 Å². The van der Waals surface area contributed by atoms with Gasteiger partial charge in [-0.15, -0.1) is 0 Å². The summed E-state index contributed by atoms with van der Waals surface area (Å²) in [6.45, 7) is 8.09. The number of aryl methyl sites for hydroxylation is 1. The second-order valence-corrected chi connectivity index (χ2v) is 4.67. The van der Waals surface area contributed by atoms with E-state index in [9.17, 15) is 0 Å². The highest BCUT2D eigenvalue weighted by atomic mass is 16.5. The largest absolute Gasteiger partial charge is 0.380 e. The first-order valence-electron chi connectivity index (χ1n) is 6.46. The lowest BCUT2D eigenvalue weighted by Crippen LogP contribution is -2.24. The standard InChI is InChI=1S/C14H24N2O/c1-13(2)12-16-9-11-17-10-3-4-14-5-7-15-8-6-14/h5-8,13,16H,3-4,9-12H2,1-2H3. The molecule has 0 saturated heterocycles. The van der Waals surface area contributed by atoms with Gasteiger partial charge in [-0.25, -0.2) is 0 Å². The molecule has 0 aliphatic rings. The number of aromatic nitrogens is 1. The fourth-order valence-electron chi connectivity index (χ4n) is 1.56. The summed E-state index contributed by atoms with van der Waals surface area (Å²) in [6.07, 6.45) is 5.83. The lowest BCUT2D eigenvalue weighted by atomic mass is 10.1. The topological polar surface area (TPSA) is 34.1 Å². The van der Waals surface area contributed by atoms with Crippen molar-refractivity contribution in [2.45, 2.75) is 26.7 Å². The van der Waals surface area contributed by atoms with Gasteiger partial charge < -0.3 is 10.1 Å². The van der Waals surface area contributed by atoms with Crippen LogP contribution in [-0.2, 0) is 11.2 Å². The van der Waals surface area contributed by atoms with Crippen molar-refractivity contribution in [2.75, 3.05) is 26.3 Å². The molecule has 1 rings (SSSR count). The minimum Gasteiger partial charge on any atom is -0.380 e. The number of pyridine rings is 1. The van der Waals surface area contributed by atoms with Crippen LogP contribution in [0.5, 0.6) is 0 Å². The third-order valence-corrected chi connectivity index (χ3v) is 2.48. The predicted molar refractivity (Wildman–Crippen MR) is 71.1 cm³/mol. The zero-order valence-electron chi connectivity index (χ0n) is 11.0. The maximum atomic E-state index is 5.56. The second kappa shape index (κ2) is 9.14. The van der Waals surface area contributed by atoms with Crippen LogP contribution in [-0.4, -0.2) is 31.3 Å². The molecule has 0 atom stereocenters. The van der Waals surface area contributed by atoms with Crippen LogP contribution in [0.25, 0.3) is 0 Å². The van der Waals surface area contributed by atoms with E-state index < -0.39 is 0 Å². The third kappa shape index (κ3) is 7.88. The molecule has 17 heavy (non-hydrogen) atoms. The highest BCUT2D eigenvalue weighted by Gasteiger charge is 1.94. The Morgan fingerprint density at radius 3 is 2.71 bits per heavy atom. The van der Waals surface area contributed by atoms with E-state index in [0.29, 0.717) is 5.92 Å². The van der Waals surface area contributed by atoms with Crippen molar-refractivity contribution >= 4 is 0 Å². The molecule has 96 valence electrons. The van der Waals surface area contributed by atoms with Gasteiger partial charge >= 0.3 is 0 Å². The molecule has 0 amide bonds. The SMILES string of the molecule is CC(C)CNCCOCCCc1ccncc1. The molecule has 0 saturated carbocycles. The van der Waals surface area contributed by atoms with Gasteiger partial charge in [-0.2, -0.15) is 0 Å². The van der Waals surface area contributed by atoms with E-state index in [1.165, 1.54) is 5.56 Å². The van der Waals surface area contributed by atoms with Gasteiger partial charge in [-0.1, -0.05) is 13.8 Å². The van der Waals surface area contributed by atoms with E-state index in [0.717, 1.165) is 39.1 Å². The number of ether oxygens (including phenoxy) is 1. The third-order valence-electron chi connectivity index (χ3n) is 2.48. The van der Waals surface area contributed by atoms with Crippen LogP contribution < -0.4 is 5.32 Å². The van der Waals surface area contributed by atoms with E-state index >= 15 is 0 Å². The Labute approximate surface area is 105 Å². The summed E-state index contributed by atoms with van der Waals surface area (Å²) in [5.41, 5.74) is 1.33. The summed E-state index contributed by atoms with van der Waals surface area (Å²) in [7, 11) is 0. The van der Waals surface area contributed by atoms with Gasteiger partial charge in [0, 0.05) is 25.5 Å². The first-order chi connectivity index (χ1) is 8.29. The maximum absolute atomic E-state index is 5.56. The van der Waals surface area contributed by atoms with Gasteiger partial charge in [-0.3, -0.25) is 4.98 Å². The van der Waals surface area contributed by atoms with Crippen LogP contribution >= 0.6 is 0 Å². The Hall–Kier alpha value is -0.930. The van der Waals surface area contributed by atoms with E-state index in [2.05, 4.69) is 36.3 Å². The van der Waals surface area contributed by atoms with Gasteiger partial charge in [0.25, 0.3) is 0 Å². The molecule has 0 unspecified atom stereocenters. The molecule has 0 bridgehead atoms. The molecule has 1 aromatic rings. The van der Waals surface area contributed by atoms with Crippen LogP contribution in [0.15, 0.2) is 24.5 Å². The first kappa shape index (κ1) is 14.1. The zero-order valence-corrected chi connectivity index (χ0v) is 11.0. The minimum absolute atomic E-state index is 0.710. The quantitative estimate of drug-likeness (QED) is 0.668. The second-order valence-electron chi connectivity index (χ2n) is 4.67. The van der Waals surface area contributed by atoms with Gasteiger partial charge in [0.2, 0.25) is 0 Å². The molecule has 0 fully saturated rings. The monoisotopic (exact) mass is 236 g/mol. The van der Waals surface area contributed by atoms with Crippen molar-refractivity contribution < 1.29 is 4.74 Å². The van der Waals surface area contributed by atoms with E-state index in [1.807, 2.05) is 12.4 Å². The van der Waals surface area contributed by atoms with Crippen LogP contribution in [0, 0.1) is 5.92 Å². The van der Waals surface area contributed by atoms with Crippen molar-refractivity contribution in [1.29, 1.82) is 0 Å². The zero-order chi connectivity index (χ0) is 12.3. The molecular weight excluding hydrogens is 212 g/mol. The highest BCUT2D eigenvalue weighted by Crippen LogP contribution is 2.00. The smallest absolute Gasteiger partial charge is 0.0590 e. The van der Waals surface area contributed by atoms with Crippen LogP contribution in [0.2, 0.25) is 0 Å². The molecule has 3 nitrogen and oxygen atoms in total. The highest BCUT2D eigenvalue weighted by molar-refractivity contribution is 5.09. The van der Waals surface area contributed by atoms with E-state index in [-0.39, 0.29) is 0 Å². The summed E-state index contributed by atoms with van der Waals surface area (Å²) >= 11 is 0. The fraction of sp³-hybridized carbons (Fsp3) is 0.643. The lowest BCUT2D eigenvalue weighted by Gasteiger charge is -2.08. The maximum Gasteiger partial charge on any atom is 0.0590 e. The van der Waals surface area contributed by atoms with E-state index in [4.69, 9.17) is 4.74 Å². The number of nitrogens with one attached hydrogen (secondary N) is 1. The minimum atomic E-state index is 0.710. The number of hydrogen-bond donors (Lipinski definition) is 1. The van der Waals surface area contributed by atoms with Crippen LogP contribution in [0.4, 0.5) is 0 Å². The molecule has 0 spiro atoms. The average Bonchev–Trinajstić information content (AvgIpc) is 2.33. The van der Waals surface area contributed by atoms with Gasteiger partial charge in [0.1, 0.15) is 0 Å². The summed E-state index contributed by atoms with van der Waals surface area (Å²) in [6, 6.07) is 4.12. The van der Waals surface area contributed by atoms with Crippen molar-refractivity contribution in [3.8, 4) is 0 Å². The van der Waals surface area contributed by atoms with Crippen molar-refractivity contribution in [1.82, 2.24) is 10.3 Å². The van der Waals surface area contributed by atoms with Crippen molar-refractivity contribution in [2.24, 2.45) is 5.92 Å². The Morgan fingerprint density at radius 1 is 1.24 bits per heavy atom. The number of rotatable bonds is 9. The molecule has 1 heterocycles. The van der Waals surface area contributed by atoms with E-state index in [1.54, 1.807) is 0 Å². The average molecular weight is 236 g/mol. The fourth-order valence-corrected chi connectivity index (χ4v) is 1.56. The van der Waals surface area contributed by atoms with Crippen LogP contribution in [0.1, 0.15) is 25.8 Å². The van der Waals surface area contributed by atoms with Gasteiger partial charge in [-0.05, 0) is 43.0 Å². The first-order valence-corrected chi connectivity index (χ1v) is 6.46. The molecule has 0 aliphatic heterocycles. The van der Waals surface area contributed by atoms with Gasteiger partial charge in [0.05, 0.1) is 6.61 Å². The van der Waals surface area contributed by atoms with Gasteiger partial charge in [0.15, 0.2) is 0 Å². The summed E-state index contributed by atoms with van der Waals surface area (Å²) in [4.78, 5) is 4.00. The Kier molecular flexibility index (Phi) is 7.60. The molecule has 3 heteroatoms. The number of hydrogen-bond acceptors (Lipinski definition) is 3. The van der Waals surface area contributed by atoms with Crippen molar-refractivity contribution in [3.63, 3.8) is 0 Å². The number of nitrogens with zero attached hydrogens (tertiary/aromatic N) is 1. The Balaban J connectivity index is 1.88. The lowest BCUT2D eigenvalue weighted by molar-refractivity contribution is 0.133. The summed E-state index contributed by atoms with van der Waals surface area (Å²) < 4.78 is 5.56. The molecule has 0 aromatic carbocycles. The molecule has 1 aromatic heterocycles. The normalized spacial score (nSPS) is 11.0. The predicted octanol–water partition coefficient (Wildman–Crippen LogP) is 2.28. The Bertz CT molecular complexity index is 275. The van der Waals surface area contributed by atoms with Crippen molar-refractivity contribution in [3.05, 3.63) is 30.1 Å². The molecule has 1 N–H and O–H groups in total. The molecule has 0 aliphatic carbocycles. The summed E-state index contributed by atoms with van der Waals surface area (Å²) in [5, 5.41) is 3.36. The molecule has 0 radical (unpaired) electrons.